The van der Waals surface area contributed by atoms with Crippen LogP contribution in [0.2, 0.25) is 0 Å². The molecule has 4 nitrogen and oxygen atoms in total. The lowest BCUT2D eigenvalue weighted by molar-refractivity contribution is 0.153. The summed E-state index contributed by atoms with van der Waals surface area (Å²) in [6, 6.07) is 12.7. The normalized spacial score (nSPS) is 14.1. The Kier molecular flexibility index (Phi) is 4.12. The minimum Gasteiger partial charge on any atom is -0.497 e. The van der Waals surface area contributed by atoms with Crippen LogP contribution in [0.5, 0.6) is 5.75 Å². The van der Waals surface area contributed by atoms with Crippen LogP contribution in [0, 0.1) is 0 Å². The molecule has 1 saturated carbocycles. The highest BCUT2D eigenvalue weighted by atomic mass is 32.1. The van der Waals surface area contributed by atoms with Gasteiger partial charge in [-0.15, -0.1) is 11.3 Å². The van der Waals surface area contributed by atoms with Gasteiger partial charge >= 0.3 is 0 Å². The number of alkyl halides is 2. The molecule has 0 saturated heterocycles. The molecule has 3 aromatic heterocycles. The third kappa shape index (κ3) is 2.86. The number of benzene rings is 1. The predicted octanol–water partition coefficient (Wildman–Crippen LogP) is 5.97. The van der Waals surface area contributed by atoms with Crippen molar-refractivity contribution in [3.63, 3.8) is 0 Å². The summed E-state index contributed by atoms with van der Waals surface area (Å²) in [5.74, 6) is 0.956. The Morgan fingerprint density at radius 3 is 2.57 bits per heavy atom. The smallest absolute Gasteiger partial charge is 0.264 e. The molecule has 0 spiro atoms. The van der Waals surface area contributed by atoms with Crippen LogP contribution in [0.15, 0.2) is 47.8 Å². The Balaban J connectivity index is 1.79. The van der Waals surface area contributed by atoms with Gasteiger partial charge in [0.15, 0.2) is 5.65 Å². The summed E-state index contributed by atoms with van der Waals surface area (Å²) in [6.45, 7) is 0. The first kappa shape index (κ1) is 17.3. The van der Waals surface area contributed by atoms with Gasteiger partial charge in [-0.1, -0.05) is 6.07 Å². The SMILES string of the molecule is COc1ccc(-n2nc(C3CC3)c3c(C(F)F)cc(-c4cccs4)nc32)cc1. The predicted molar refractivity (Wildman–Crippen MR) is 106 cm³/mol. The third-order valence-corrected chi connectivity index (χ3v) is 5.88. The van der Waals surface area contributed by atoms with Crippen molar-refractivity contribution in [3.05, 3.63) is 59.1 Å². The van der Waals surface area contributed by atoms with E-state index < -0.39 is 6.43 Å². The first-order valence-corrected chi connectivity index (χ1v) is 9.93. The molecule has 0 atom stereocenters. The van der Waals surface area contributed by atoms with Crippen molar-refractivity contribution in [3.8, 4) is 22.0 Å². The molecule has 0 radical (unpaired) electrons. The second-order valence-corrected chi connectivity index (χ2v) is 7.79. The maximum Gasteiger partial charge on any atom is 0.264 e. The molecule has 3 heterocycles. The molecule has 1 fully saturated rings. The van der Waals surface area contributed by atoms with Crippen molar-refractivity contribution in [2.75, 3.05) is 7.11 Å². The number of hydrogen-bond donors (Lipinski definition) is 0. The van der Waals surface area contributed by atoms with E-state index in [4.69, 9.17) is 14.8 Å². The fourth-order valence-corrected chi connectivity index (χ4v) is 4.13. The topological polar surface area (TPSA) is 39.9 Å². The zero-order valence-corrected chi connectivity index (χ0v) is 15.9. The lowest BCUT2D eigenvalue weighted by atomic mass is 10.1. The Hall–Kier alpha value is -2.80. The van der Waals surface area contributed by atoms with Crippen molar-refractivity contribution < 1.29 is 13.5 Å². The van der Waals surface area contributed by atoms with Crippen LogP contribution in [0.4, 0.5) is 8.78 Å². The molecule has 7 heteroatoms. The number of halogens is 2. The van der Waals surface area contributed by atoms with Crippen LogP contribution in [0.25, 0.3) is 27.3 Å². The van der Waals surface area contributed by atoms with Crippen LogP contribution in [-0.4, -0.2) is 21.9 Å². The van der Waals surface area contributed by atoms with E-state index in [0.29, 0.717) is 16.7 Å². The van der Waals surface area contributed by atoms with Gasteiger partial charge in [0.25, 0.3) is 6.43 Å². The average Bonchev–Trinajstić information content (AvgIpc) is 3.27. The van der Waals surface area contributed by atoms with Gasteiger partial charge in [0.05, 0.1) is 34.4 Å². The Labute approximate surface area is 164 Å². The number of aromatic nitrogens is 3. The summed E-state index contributed by atoms with van der Waals surface area (Å²) in [7, 11) is 1.60. The Bertz CT molecular complexity index is 1130. The quantitative estimate of drug-likeness (QED) is 0.416. The number of rotatable bonds is 5. The molecule has 0 amide bonds. The number of thiophene rings is 1. The number of ether oxygens (including phenoxy) is 1. The number of fused-ring (bicyclic) bond motifs is 1. The molecule has 1 aliphatic rings. The minimum absolute atomic E-state index is 0.00932. The van der Waals surface area contributed by atoms with E-state index in [9.17, 15) is 8.78 Å². The maximum absolute atomic E-state index is 14.0. The number of hydrogen-bond acceptors (Lipinski definition) is 4. The second kappa shape index (κ2) is 6.67. The van der Waals surface area contributed by atoms with Crippen molar-refractivity contribution in [1.82, 2.24) is 14.8 Å². The standard InChI is InChI=1S/C21H17F2N3OS/c1-27-14-8-6-13(7-9-14)26-21-18(19(25-26)12-4-5-12)15(20(22)23)11-16(24-21)17-3-2-10-28-17/h2-3,6-12,20H,4-5H2,1H3. The Morgan fingerprint density at radius 1 is 1.18 bits per heavy atom. The van der Waals surface area contributed by atoms with Gasteiger partial charge in [0.2, 0.25) is 0 Å². The lowest BCUT2D eigenvalue weighted by Gasteiger charge is -2.08. The van der Waals surface area contributed by atoms with Gasteiger partial charge in [-0.2, -0.15) is 5.10 Å². The van der Waals surface area contributed by atoms with Crippen LogP contribution in [0.3, 0.4) is 0 Å². The van der Waals surface area contributed by atoms with Crippen molar-refractivity contribution in [2.24, 2.45) is 0 Å². The van der Waals surface area contributed by atoms with Crippen molar-refractivity contribution >= 4 is 22.4 Å². The van der Waals surface area contributed by atoms with Gasteiger partial charge in [-0.3, -0.25) is 0 Å². The molecular weight excluding hydrogens is 380 g/mol. The molecule has 5 rings (SSSR count). The first-order chi connectivity index (χ1) is 13.7. The third-order valence-electron chi connectivity index (χ3n) is 4.99. The number of nitrogens with zero attached hydrogens (tertiary/aromatic N) is 3. The number of pyridine rings is 1. The van der Waals surface area contributed by atoms with Gasteiger partial charge in [-0.05, 0) is 54.6 Å². The molecule has 1 aliphatic carbocycles. The molecular formula is C21H17F2N3OS. The molecule has 28 heavy (non-hydrogen) atoms. The summed E-state index contributed by atoms with van der Waals surface area (Å²) >= 11 is 1.48. The average molecular weight is 397 g/mol. The highest BCUT2D eigenvalue weighted by molar-refractivity contribution is 7.13. The lowest BCUT2D eigenvalue weighted by Crippen LogP contribution is -1.99. The fourth-order valence-electron chi connectivity index (χ4n) is 3.44. The molecule has 0 bridgehead atoms. The number of methoxy groups -OCH3 is 1. The zero-order valence-electron chi connectivity index (χ0n) is 15.1. The van der Waals surface area contributed by atoms with E-state index in [1.54, 1.807) is 11.8 Å². The minimum atomic E-state index is -2.59. The van der Waals surface area contributed by atoms with Crippen LogP contribution < -0.4 is 4.74 Å². The molecule has 0 aliphatic heterocycles. The van der Waals surface area contributed by atoms with Crippen LogP contribution in [0.1, 0.15) is 36.4 Å². The van der Waals surface area contributed by atoms with Crippen LogP contribution in [-0.2, 0) is 0 Å². The van der Waals surface area contributed by atoms with E-state index in [2.05, 4.69) is 0 Å². The van der Waals surface area contributed by atoms with E-state index in [0.717, 1.165) is 34.8 Å². The summed E-state index contributed by atoms with van der Waals surface area (Å²) < 4.78 is 34.9. The van der Waals surface area contributed by atoms with Crippen LogP contribution >= 0.6 is 11.3 Å². The summed E-state index contributed by atoms with van der Waals surface area (Å²) in [6.07, 6.45) is -0.635. The zero-order chi connectivity index (χ0) is 19.3. The summed E-state index contributed by atoms with van der Waals surface area (Å²) in [5.41, 5.74) is 2.54. The monoisotopic (exact) mass is 397 g/mol. The van der Waals surface area contributed by atoms with E-state index in [1.807, 2.05) is 41.8 Å². The van der Waals surface area contributed by atoms with E-state index in [-0.39, 0.29) is 11.5 Å². The molecule has 1 aromatic carbocycles. The highest BCUT2D eigenvalue weighted by Gasteiger charge is 2.33. The summed E-state index contributed by atoms with van der Waals surface area (Å²) in [4.78, 5) is 5.62. The molecule has 0 unspecified atom stereocenters. The van der Waals surface area contributed by atoms with Gasteiger partial charge < -0.3 is 4.74 Å². The first-order valence-electron chi connectivity index (χ1n) is 9.05. The maximum atomic E-state index is 14.0. The largest absolute Gasteiger partial charge is 0.497 e. The summed E-state index contributed by atoms with van der Waals surface area (Å²) in [5, 5.41) is 7.14. The fraction of sp³-hybridized carbons (Fsp3) is 0.238. The molecule has 0 N–H and O–H groups in total. The molecule has 142 valence electrons. The molecule has 4 aromatic rings. The highest BCUT2D eigenvalue weighted by Crippen LogP contribution is 2.45. The van der Waals surface area contributed by atoms with Crippen molar-refractivity contribution in [2.45, 2.75) is 25.2 Å². The van der Waals surface area contributed by atoms with Crippen molar-refractivity contribution in [1.29, 1.82) is 0 Å². The van der Waals surface area contributed by atoms with E-state index in [1.165, 1.54) is 17.4 Å². The Morgan fingerprint density at radius 2 is 1.96 bits per heavy atom. The second-order valence-electron chi connectivity index (χ2n) is 6.84. The van der Waals surface area contributed by atoms with Gasteiger partial charge in [0.1, 0.15) is 5.75 Å². The van der Waals surface area contributed by atoms with E-state index >= 15 is 0 Å². The van der Waals surface area contributed by atoms with Gasteiger partial charge in [-0.25, -0.2) is 18.4 Å². The van der Waals surface area contributed by atoms with Gasteiger partial charge in [0, 0.05) is 11.5 Å².